The molecule has 1 amide bonds. The van der Waals surface area contributed by atoms with Crippen LogP contribution < -0.4 is 10.6 Å². The molecule has 4 heterocycles. The van der Waals surface area contributed by atoms with Crippen LogP contribution in [0.3, 0.4) is 0 Å². The summed E-state index contributed by atoms with van der Waals surface area (Å²) in [6, 6.07) is 15.5. The van der Waals surface area contributed by atoms with Gasteiger partial charge in [0, 0.05) is 42.4 Å². The minimum Gasteiger partial charge on any atom is -0.369 e. The Balaban J connectivity index is 1.66. The normalized spacial score (nSPS) is 15.1. The minimum absolute atomic E-state index is 0.0748. The van der Waals surface area contributed by atoms with E-state index in [1.807, 2.05) is 65.8 Å². The number of nitrogens with zero attached hydrogens (tertiary/aromatic N) is 4. The number of nitrogens with one attached hydrogen (secondary N) is 2. The van der Waals surface area contributed by atoms with E-state index in [9.17, 15) is 4.79 Å². The van der Waals surface area contributed by atoms with Crippen LogP contribution in [0.4, 0.5) is 11.5 Å². The van der Waals surface area contributed by atoms with Gasteiger partial charge in [-0.05, 0) is 62.2 Å². The summed E-state index contributed by atoms with van der Waals surface area (Å²) in [5.74, 6) is 1.77. The Morgan fingerprint density at radius 1 is 1.09 bits per heavy atom. The lowest BCUT2D eigenvalue weighted by molar-refractivity contribution is 0.102. The molecule has 0 bridgehead atoms. The van der Waals surface area contributed by atoms with Crippen molar-refractivity contribution >= 4 is 29.2 Å². The number of anilines is 2. The highest BCUT2D eigenvalue weighted by molar-refractivity contribution is 7.99. The standard InChI is InChI=1S/C27H28N6OS/c1-4-33-26-23(24(32-33)21-11-5-6-13-29-21)25(35-16-15-30-26)22-17(2)9-7-10-19(22)27(34)31-20-12-8-14-28-18(20)3/h5-14,25,30H,4,15-16H2,1-3H3,(H,31,34). The van der Waals surface area contributed by atoms with Crippen LogP contribution in [0.1, 0.15) is 44.9 Å². The Morgan fingerprint density at radius 2 is 1.94 bits per heavy atom. The van der Waals surface area contributed by atoms with Gasteiger partial charge in [-0.1, -0.05) is 18.2 Å². The molecule has 0 aliphatic carbocycles. The maximum atomic E-state index is 13.6. The molecular weight excluding hydrogens is 456 g/mol. The molecule has 3 aromatic heterocycles. The first kappa shape index (κ1) is 23.1. The zero-order valence-electron chi connectivity index (χ0n) is 20.1. The molecular formula is C27H28N6OS. The summed E-state index contributed by atoms with van der Waals surface area (Å²) in [4.78, 5) is 22.5. The Morgan fingerprint density at radius 3 is 2.71 bits per heavy atom. The number of thioether (sulfide) groups is 1. The monoisotopic (exact) mass is 484 g/mol. The van der Waals surface area contributed by atoms with Crippen LogP contribution in [-0.2, 0) is 6.54 Å². The van der Waals surface area contributed by atoms with Gasteiger partial charge >= 0.3 is 0 Å². The summed E-state index contributed by atoms with van der Waals surface area (Å²) in [7, 11) is 0. The Hall–Kier alpha value is -3.65. The van der Waals surface area contributed by atoms with Crippen LogP contribution in [0.15, 0.2) is 60.9 Å². The Kier molecular flexibility index (Phi) is 6.55. The highest BCUT2D eigenvalue weighted by Crippen LogP contribution is 2.47. The smallest absolute Gasteiger partial charge is 0.256 e. The van der Waals surface area contributed by atoms with Crippen molar-refractivity contribution in [3.63, 3.8) is 0 Å². The van der Waals surface area contributed by atoms with Crippen LogP contribution in [0.25, 0.3) is 11.4 Å². The first-order valence-corrected chi connectivity index (χ1v) is 12.8. The van der Waals surface area contributed by atoms with E-state index in [0.717, 1.165) is 58.4 Å². The van der Waals surface area contributed by atoms with Crippen molar-refractivity contribution in [1.29, 1.82) is 0 Å². The maximum Gasteiger partial charge on any atom is 0.256 e. The number of amides is 1. The summed E-state index contributed by atoms with van der Waals surface area (Å²) >= 11 is 1.83. The first-order chi connectivity index (χ1) is 17.1. The van der Waals surface area contributed by atoms with Gasteiger partial charge in [-0.3, -0.25) is 14.8 Å². The van der Waals surface area contributed by atoms with Crippen LogP contribution in [-0.4, -0.2) is 38.0 Å². The van der Waals surface area contributed by atoms with Crippen molar-refractivity contribution < 1.29 is 4.79 Å². The number of hydrogen-bond donors (Lipinski definition) is 2. The van der Waals surface area contributed by atoms with Gasteiger partial charge in [0.05, 0.1) is 22.3 Å². The van der Waals surface area contributed by atoms with Crippen molar-refractivity contribution in [2.75, 3.05) is 22.9 Å². The van der Waals surface area contributed by atoms with E-state index in [0.29, 0.717) is 11.3 Å². The third kappa shape index (κ3) is 4.41. The molecule has 1 unspecified atom stereocenters. The average Bonchev–Trinajstić information content (AvgIpc) is 3.11. The van der Waals surface area contributed by atoms with E-state index in [4.69, 9.17) is 5.10 Å². The molecule has 1 aliphatic rings. The van der Waals surface area contributed by atoms with Gasteiger partial charge in [0.15, 0.2) is 0 Å². The number of carbonyl (C=O) groups excluding carboxylic acids is 1. The number of fused-ring (bicyclic) bond motifs is 1. The predicted octanol–water partition coefficient (Wildman–Crippen LogP) is 5.48. The molecule has 0 spiro atoms. The lowest BCUT2D eigenvalue weighted by atomic mass is 9.93. The minimum atomic E-state index is -0.138. The average molecular weight is 485 g/mol. The fourth-order valence-electron chi connectivity index (χ4n) is 4.52. The number of benzene rings is 1. The van der Waals surface area contributed by atoms with Crippen LogP contribution in [0.2, 0.25) is 0 Å². The number of hydrogen-bond acceptors (Lipinski definition) is 6. The molecule has 1 aliphatic heterocycles. The quantitative estimate of drug-likeness (QED) is 0.390. The summed E-state index contributed by atoms with van der Waals surface area (Å²) in [5, 5.41) is 11.5. The molecule has 0 saturated carbocycles. The topological polar surface area (TPSA) is 84.7 Å². The maximum absolute atomic E-state index is 13.6. The van der Waals surface area contributed by atoms with Crippen LogP contribution in [0, 0.1) is 13.8 Å². The van der Waals surface area contributed by atoms with Gasteiger partial charge in [-0.25, -0.2) is 4.68 Å². The number of rotatable bonds is 5. The molecule has 1 aromatic carbocycles. The van der Waals surface area contributed by atoms with Gasteiger partial charge in [0.2, 0.25) is 0 Å². The molecule has 0 fully saturated rings. The number of carbonyl (C=O) groups is 1. The number of aromatic nitrogens is 4. The van der Waals surface area contributed by atoms with Gasteiger partial charge in [0.25, 0.3) is 5.91 Å². The second-order valence-electron chi connectivity index (χ2n) is 8.45. The third-order valence-corrected chi connectivity index (χ3v) is 7.47. The van der Waals surface area contributed by atoms with Gasteiger partial charge in [0.1, 0.15) is 11.5 Å². The highest BCUT2D eigenvalue weighted by atomic mass is 32.2. The van der Waals surface area contributed by atoms with Crippen molar-refractivity contribution in [3.05, 3.63) is 88.9 Å². The highest BCUT2D eigenvalue weighted by Gasteiger charge is 2.33. The molecule has 1 atom stereocenters. The second-order valence-corrected chi connectivity index (χ2v) is 9.66. The van der Waals surface area contributed by atoms with E-state index < -0.39 is 0 Å². The molecule has 8 heteroatoms. The van der Waals surface area contributed by atoms with Crippen molar-refractivity contribution in [1.82, 2.24) is 19.7 Å². The van der Waals surface area contributed by atoms with Crippen LogP contribution >= 0.6 is 11.8 Å². The van der Waals surface area contributed by atoms with Crippen molar-refractivity contribution in [2.24, 2.45) is 0 Å². The molecule has 35 heavy (non-hydrogen) atoms. The predicted molar refractivity (Wildman–Crippen MR) is 142 cm³/mol. The van der Waals surface area contributed by atoms with E-state index in [2.05, 4.69) is 40.5 Å². The molecule has 4 aromatic rings. The van der Waals surface area contributed by atoms with Crippen molar-refractivity contribution in [2.45, 2.75) is 32.6 Å². The first-order valence-electron chi connectivity index (χ1n) is 11.8. The Bertz CT molecular complexity index is 1370. The fourth-order valence-corrected chi connectivity index (χ4v) is 5.85. The SMILES string of the molecule is CCn1nc(-c2ccccn2)c2c1NCCSC2c1c(C)cccc1C(=O)Nc1cccnc1C. The fraction of sp³-hybridized carbons (Fsp3) is 0.259. The lowest BCUT2D eigenvalue weighted by Gasteiger charge is -2.22. The number of pyridine rings is 2. The molecule has 178 valence electrons. The summed E-state index contributed by atoms with van der Waals surface area (Å²) in [5.41, 5.74) is 7.00. The zero-order chi connectivity index (χ0) is 24.4. The lowest BCUT2D eigenvalue weighted by Crippen LogP contribution is -2.17. The Labute approximate surface area is 209 Å². The van der Waals surface area contributed by atoms with E-state index in [1.165, 1.54) is 0 Å². The van der Waals surface area contributed by atoms with Crippen molar-refractivity contribution in [3.8, 4) is 11.4 Å². The molecule has 2 N–H and O–H groups in total. The molecule has 7 nitrogen and oxygen atoms in total. The van der Waals surface area contributed by atoms with Gasteiger partial charge in [-0.15, -0.1) is 11.8 Å². The van der Waals surface area contributed by atoms with Gasteiger partial charge < -0.3 is 10.6 Å². The second kappa shape index (κ2) is 9.92. The van der Waals surface area contributed by atoms with E-state index in [-0.39, 0.29) is 11.2 Å². The van der Waals surface area contributed by atoms with Gasteiger partial charge in [-0.2, -0.15) is 5.10 Å². The number of aryl methyl sites for hydroxylation is 3. The van der Waals surface area contributed by atoms with E-state index in [1.54, 1.807) is 12.4 Å². The van der Waals surface area contributed by atoms with E-state index >= 15 is 0 Å². The largest absolute Gasteiger partial charge is 0.369 e. The summed E-state index contributed by atoms with van der Waals surface area (Å²) < 4.78 is 2.01. The summed E-state index contributed by atoms with van der Waals surface area (Å²) in [6.45, 7) is 7.62. The molecule has 0 saturated heterocycles. The molecule has 0 radical (unpaired) electrons. The summed E-state index contributed by atoms with van der Waals surface area (Å²) in [6.07, 6.45) is 3.52. The molecule has 5 rings (SSSR count). The van der Waals surface area contributed by atoms with Crippen LogP contribution in [0.5, 0.6) is 0 Å². The third-order valence-electron chi connectivity index (χ3n) is 6.22. The zero-order valence-corrected chi connectivity index (χ0v) is 20.9.